The molecular formula is C19H22ClN. The minimum atomic E-state index is 0.483. The molecule has 21 heavy (non-hydrogen) atoms. The van der Waals surface area contributed by atoms with Gasteiger partial charge in [-0.3, -0.25) is 0 Å². The second-order valence-electron chi connectivity index (χ2n) is 6.08. The SMILES string of the molecule is CN1CCC(C(c2ccccc2)c2ccc(Cl)cc2)CC1. The standard InChI is InChI=1S/C19H22ClN/c1-21-13-11-17(12-14-21)19(15-5-3-2-4-6-15)16-7-9-18(20)10-8-16/h2-10,17,19H,11-14H2,1H3. The molecule has 0 bridgehead atoms. The molecule has 1 aliphatic rings. The van der Waals surface area contributed by atoms with E-state index in [0.717, 1.165) is 5.02 Å². The molecule has 1 saturated heterocycles. The lowest BCUT2D eigenvalue weighted by atomic mass is 9.76. The highest BCUT2D eigenvalue weighted by Gasteiger charge is 2.27. The van der Waals surface area contributed by atoms with Crippen molar-refractivity contribution in [3.63, 3.8) is 0 Å². The van der Waals surface area contributed by atoms with Crippen LogP contribution in [0.5, 0.6) is 0 Å². The summed E-state index contributed by atoms with van der Waals surface area (Å²) >= 11 is 6.06. The molecule has 0 aromatic heterocycles. The van der Waals surface area contributed by atoms with Crippen molar-refractivity contribution >= 4 is 11.6 Å². The Labute approximate surface area is 132 Å². The maximum Gasteiger partial charge on any atom is 0.0406 e. The van der Waals surface area contributed by atoms with Crippen molar-refractivity contribution in [1.29, 1.82) is 0 Å². The van der Waals surface area contributed by atoms with Gasteiger partial charge < -0.3 is 4.90 Å². The van der Waals surface area contributed by atoms with Crippen molar-refractivity contribution in [3.8, 4) is 0 Å². The zero-order valence-electron chi connectivity index (χ0n) is 12.5. The first-order chi connectivity index (χ1) is 10.2. The summed E-state index contributed by atoms with van der Waals surface area (Å²) in [6.45, 7) is 2.39. The number of benzene rings is 2. The quantitative estimate of drug-likeness (QED) is 0.786. The second kappa shape index (κ2) is 6.64. The van der Waals surface area contributed by atoms with E-state index in [1.165, 1.54) is 37.1 Å². The fraction of sp³-hybridized carbons (Fsp3) is 0.368. The first kappa shape index (κ1) is 14.6. The van der Waals surface area contributed by atoms with Gasteiger partial charge in [-0.25, -0.2) is 0 Å². The molecule has 0 N–H and O–H groups in total. The van der Waals surface area contributed by atoms with Crippen LogP contribution in [0.2, 0.25) is 5.02 Å². The van der Waals surface area contributed by atoms with Crippen LogP contribution < -0.4 is 0 Å². The second-order valence-corrected chi connectivity index (χ2v) is 6.52. The van der Waals surface area contributed by atoms with Crippen molar-refractivity contribution in [3.05, 3.63) is 70.7 Å². The fourth-order valence-electron chi connectivity index (χ4n) is 3.43. The normalized spacial score (nSPS) is 18.6. The molecule has 0 aliphatic carbocycles. The third kappa shape index (κ3) is 3.48. The molecule has 0 amide bonds. The van der Waals surface area contributed by atoms with E-state index in [1.54, 1.807) is 0 Å². The van der Waals surface area contributed by atoms with Gasteiger partial charge in [0, 0.05) is 10.9 Å². The van der Waals surface area contributed by atoms with Gasteiger partial charge in [0.25, 0.3) is 0 Å². The Morgan fingerprint density at radius 3 is 2.10 bits per heavy atom. The topological polar surface area (TPSA) is 3.24 Å². The van der Waals surface area contributed by atoms with Crippen molar-refractivity contribution in [2.45, 2.75) is 18.8 Å². The molecule has 1 heterocycles. The van der Waals surface area contributed by atoms with E-state index in [0.29, 0.717) is 11.8 Å². The Balaban J connectivity index is 1.93. The molecule has 2 heteroatoms. The number of halogens is 1. The van der Waals surface area contributed by atoms with Crippen LogP contribution in [0.1, 0.15) is 29.9 Å². The largest absolute Gasteiger partial charge is 0.306 e. The number of hydrogen-bond acceptors (Lipinski definition) is 1. The average Bonchev–Trinajstić information content (AvgIpc) is 2.52. The number of rotatable bonds is 3. The van der Waals surface area contributed by atoms with E-state index >= 15 is 0 Å². The number of nitrogens with zero attached hydrogens (tertiary/aromatic N) is 1. The van der Waals surface area contributed by atoms with Crippen molar-refractivity contribution in [2.75, 3.05) is 20.1 Å². The zero-order chi connectivity index (χ0) is 14.7. The average molecular weight is 300 g/mol. The van der Waals surface area contributed by atoms with Crippen LogP contribution >= 0.6 is 11.6 Å². The number of likely N-dealkylation sites (tertiary alicyclic amines) is 1. The van der Waals surface area contributed by atoms with E-state index in [9.17, 15) is 0 Å². The van der Waals surface area contributed by atoms with Gasteiger partial charge >= 0.3 is 0 Å². The highest BCUT2D eigenvalue weighted by molar-refractivity contribution is 6.30. The van der Waals surface area contributed by atoms with Gasteiger partial charge in [-0.1, -0.05) is 54.1 Å². The van der Waals surface area contributed by atoms with Crippen LogP contribution in [-0.4, -0.2) is 25.0 Å². The van der Waals surface area contributed by atoms with Gasteiger partial charge in [0.05, 0.1) is 0 Å². The smallest absolute Gasteiger partial charge is 0.0406 e. The third-order valence-electron chi connectivity index (χ3n) is 4.62. The highest BCUT2D eigenvalue weighted by atomic mass is 35.5. The lowest BCUT2D eigenvalue weighted by Gasteiger charge is -2.35. The Morgan fingerprint density at radius 2 is 1.48 bits per heavy atom. The van der Waals surface area contributed by atoms with Crippen molar-refractivity contribution < 1.29 is 0 Å². The maximum atomic E-state index is 6.06. The van der Waals surface area contributed by atoms with E-state index in [2.05, 4.69) is 54.4 Å². The molecular weight excluding hydrogens is 278 g/mol. The molecule has 1 unspecified atom stereocenters. The third-order valence-corrected chi connectivity index (χ3v) is 4.87. The predicted molar refractivity (Wildman–Crippen MR) is 90.0 cm³/mol. The van der Waals surface area contributed by atoms with Crippen LogP contribution in [0.3, 0.4) is 0 Å². The fourth-order valence-corrected chi connectivity index (χ4v) is 3.56. The summed E-state index contributed by atoms with van der Waals surface area (Å²) < 4.78 is 0. The summed E-state index contributed by atoms with van der Waals surface area (Å²) in [5.74, 6) is 1.20. The first-order valence-corrected chi connectivity index (χ1v) is 8.11. The van der Waals surface area contributed by atoms with Crippen molar-refractivity contribution in [2.24, 2.45) is 5.92 Å². The summed E-state index contributed by atoms with van der Waals surface area (Å²) in [6, 6.07) is 19.3. The van der Waals surface area contributed by atoms with Gasteiger partial charge in [-0.05, 0) is 62.2 Å². The van der Waals surface area contributed by atoms with E-state index in [-0.39, 0.29) is 0 Å². The van der Waals surface area contributed by atoms with Gasteiger partial charge in [0.1, 0.15) is 0 Å². The van der Waals surface area contributed by atoms with Crippen LogP contribution in [0.15, 0.2) is 54.6 Å². The molecule has 1 atom stereocenters. The predicted octanol–water partition coefficient (Wildman–Crippen LogP) is 4.81. The highest BCUT2D eigenvalue weighted by Crippen LogP contribution is 2.38. The van der Waals surface area contributed by atoms with Crippen LogP contribution in [-0.2, 0) is 0 Å². The number of piperidine rings is 1. The minimum Gasteiger partial charge on any atom is -0.306 e. The van der Waals surface area contributed by atoms with E-state index in [4.69, 9.17) is 11.6 Å². The van der Waals surface area contributed by atoms with Gasteiger partial charge in [-0.15, -0.1) is 0 Å². The maximum absolute atomic E-state index is 6.06. The van der Waals surface area contributed by atoms with E-state index in [1.807, 2.05) is 12.1 Å². The Hall–Kier alpha value is -1.31. The Kier molecular flexibility index (Phi) is 4.62. The summed E-state index contributed by atoms with van der Waals surface area (Å²) in [5.41, 5.74) is 2.81. The van der Waals surface area contributed by atoms with Gasteiger partial charge in [0.2, 0.25) is 0 Å². The monoisotopic (exact) mass is 299 g/mol. The molecule has 1 fully saturated rings. The van der Waals surface area contributed by atoms with Crippen LogP contribution in [0, 0.1) is 5.92 Å². The molecule has 1 nitrogen and oxygen atoms in total. The van der Waals surface area contributed by atoms with Gasteiger partial charge in [0.15, 0.2) is 0 Å². The van der Waals surface area contributed by atoms with Crippen LogP contribution in [0.4, 0.5) is 0 Å². The number of hydrogen-bond donors (Lipinski definition) is 0. The summed E-state index contributed by atoms with van der Waals surface area (Å²) in [6.07, 6.45) is 2.53. The molecule has 0 saturated carbocycles. The molecule has 2 aromatic carbocycles. The Morgan fingerprint density at radius 1 is 0.905 bits per heavy atom. The van der Waals surface area contributed by atoms with Gasteiger partial charge in [-0.2, -0.15) is 0 Å². The molecule has 0 radical (unpaired) electrons. The zero-order valence-corrected chi connectivity index (χ0v) is 13.3. The molecule has 2 aromatic rings. The lowest BCUT2D eigenvalue weighted by Crippen LogP contribution is -2.33. The van der Waals surface area contributed by atoms with E-state index < -0.39 is 0 Å². The summed E-state index contributed by atoms with van der Waals surface area (Å²) in [4.78, 5) is 2.43. The molecule has 1 aliphatic heterocycles. The molecule has 0 spiro atoms. The lowest BCUT2D eigenvalue weighted by molar-refractivity contribution is 0.207. The summed E-state index contributed by atoms with van der Waals surface area (Å²) in [5, 5.41) is 0.814. The Bertz CT molecular complexity index is 556. The minimum absolute atomic E-state index is 0.483. The molecule has 3 rings (SSSR count). The summed E-state index contributed by atoms with van der Waals surface area (Å²) in [7, 11) is 2.22. The molecule has 110 valence electrons. The van der Waals surface area contributed by atoms with Crippen molar-refractivity contribution in [1.82, 2.24) is 4.90 Å². The van der Waals surface area contributed by atoms with Crippen LogP contribution in [0.25, 0.3) is 0 Å². The first-order valence-electron chi connectivity index (χ1n) is 7.73.